The van der Waals surface area contributed by atoms with E-state index < -0.39 is 0 Å². The van der Waals surface area contributed by atoms with E-state index in [0.29, 0.717) is 6.54 Å². The summed E-state index contributed by atoms with van der Waals surface area (Å²) in [5.74, 6) is -0.250. The number of rotatable bonds is 8. The molecule has 0 aromatic heterocycles. The monoisotopic (exact) mass is 337 g/mol. The van der Waals surface area contributed by atoms with Crippen molar-refractivity contribution in [2.45, 2.75) is 25.2 Å². The predicted molar refractivity (Wildman–Crippen MR) is 96.0 cm³/mol. The van der Waals surface area contributed by atoms with E-state index in [9.17, 15) is 9.59 Å². The van der Waals surface area contributed by atoms with Gasteiger partial charge in [0.05, 0.1) is 5.92 Å². The fourth-order valence-corrected chi connectivity index (χ4v) is 2.88. The highest BCUT2D eigenvalue weighted by atomic mass is 16.5. The summed E-state index contributed by atoms with van der Waals surface area (Å²) in [6.07, 6.45) is 2.56. The summed E-state index contributed by atoms with van der Waals surface area (Å²) < 4.78 is 5.00. The molecule has 0 aliphatic heterocycles. The highest BCUT2D eigenvalue weighted by molar-refractivity contribution is 5.82. The molecule has 0 atom stereocenters. The first-order valence-electron chi connectivity index (χ1n) is 8.77. The van der Waals surface area contributed by atoms with Crippen LogP contribution < -0.4 is 5.32 Å². The van der Waals surface area contributed by atoms with E-state index in [-0.39, 0.29) is 30.3 Å². The number of carbonyl (C=O) groups is 2. The Kier molecular flexibility index (Phi) is 5.83. The second kappa shape index (κ2) is 8.47. The maximum absolute atomic E-state index is 11.9. The molecule has 0 radical (unpaired) electrons. The lowest BCUT2D eigenvalue weighted by atomic mass is 9.88. The van der Waals surface area contributed by atoms with Gasteiger partial charge in [0, 0.05) is 12.5 Å². The summed E-state index contributed by atoms with van der Waals surface area (Å²) in [5, 5.41) is 2.85. The van der Waals surface area contributed by atoms with Crippen LogP contribution in [-0.2, 0) is 14.3 Å². The number of carbonyl (C=O) groups excluding carboxylic acids is 2. The van der Waals surface area contributed by atoms with Gasteiger partial charge in [-0.3, -0.25) is 9.59 Å². The van der Waals surface area contributed by atoms with Crippen molar-refractivity contribution in [3.8, 4) is 0 Å². The van der Waals surface area contributed by atoms with Gasteiger partial charge in [-0.25, -0.2) is 0 Å². The van der Waals surface area contributed by atoms with Crippen LogP contribution in [0.3, 0.4) is 0 Å². The van der Waals surface area contributed by atoms with Gasteiger partial charge in [0.1, 0.15) is 0 Å². The molecule has 130 valence electrons. The molecule has 25 heavy (non-hydrogen) atoms. The largest absolute Gasteiger partial charge is 0.455 e. The molecular formula is C21H23NO3. The van der Waals surface area contributed by atoms with Crippen molar-refractivity contribution in [2.24, 2.45) is 5.92 Å². The Morgan fingerprint density at radius 2 is 1.52 bits per heavy atom. The quantitative estimate of drug-likeness (QED) is 0.752. The molecule has 1 fully saturated rings. The zero-order valence-corrected chi connectivity index (χ0v) is 14.2. The molecule has 0 unspecified atom stereocenters. The van der Waals surface area contributed by atoms with Gasteiger partial charge in [-0.2, -0.15) is 0 Å². The number of nitrogens with one attached hydrogen (secondary N) is 1. The number of benzene rings is 2. The van der Waals surface area contributed by atoms with Crippen LogP contribution in [0.4, 0.5) is 0 Å². The third-order valence-electron chi connectivity index (χ3n) is 4.42. The minimum absolute atomic E-state index is 0.0216. The lowest BCUT2D eigenvalue weighted by Crippen LogP contribution is -2.30. The zero-order chi connectivity index (χ0) is 17.5. The molecule has 4 heteroatoms. The van der Waals surface area contributed by atoms with Crippen LogP contribution in [0.25, 0.3) is 0 Å². The number of hydrogen-bond donors (Lipinski definition) is 1. The van der Waals surface area contributed by atoms with Crippen molar-refractivity contribution in [2.75, 3.05) is 13.2 Å². The Bertz CT molecular complexity index is 656. The van der Waals surface area contributed by atoms with Gasteiger partial charge in [0.2, 0.25) is 0 Å². The summed E-state index contributed by atoms with van der Waals surface area (Å²) in [5.41, 5.74) is 2.45. The molecule has 0 bridgehead atoms. The summed E-state index contributed by atoms with van der Waals surface area (Å²) in [6, 6.07) is 20.6. The highest BCUT2D eigenvalue weighted by Gasteiger charge is 2.31. The minimum Gasteiger partial charge on any atom is -0.455 e. The Morgan fingerprint density at radius 1 is 0.960 bits per heavy atom. The summed E-state index contributed by atoms with van der Waals surface area (Å²) >= 11 is 0. The molecule has 0 saturated heterocycles. The number of amides is 1. The van der Waals surface area contributed by atoms with E-state index in [4.69, 9.17) is 4.74 Å². The fourth-order valence-electron chi connectivity index (χ4n) is 2.88. The molecule has 4 nitrogen and oxygen atoms in total. The van der Waals surface area contributed by atoms with Crippen molar-refractivity contribution in [1.82, 2.24) is 5.32 Å². The van der Waals surface area contributed by atoms with E-state index in [0.717, 1.165) is 19.3 Å². The van der Waals surface area contributed by atoms with E-state index in [1.54, 1.807) is 0 Å². The fraction of sp³-hybridized carbons (Fsp3) is 0.333. The average molecular weight is 337 g/mol. The second-order valence-corrected chi connectivity index (χ2v) is 6.39. The van der Waals surface area contributed by atoms with Gasteiger partial charge in [0.15, 0.2) is 6.61 Å². The van der Waals surface area contributed by atoms with E-state index in [2.05, 4.69) is 29.6 Å². The molecule has 1 aliphatic rings. The van der Waals surface area contributed by atoms with E-state index in [1.807, 2.05) is 36.4 Å². The van der Waals surface area contributed by atoms with Gasteiger partial charge < -0.3 is 10.1 Å². The van der Waals surface area contributed by atoms with Gasteiger partial charge in [0.25, 0.3) is 5.91 Å². The van der Waals surface area contributed by atoms with Gasteiger partial charge in [-0.1, -0.05) is 60.7 Å². The van der Waals surface area contributed by atoms with Crippen LogP contribution in [0.15, 0.2) is 60.7 Å². The number of hydrogen-bond acceptors (Lipinski definition) is 3. The molecule has 0 spiro atoms. The van der Waals surface area contributed by atoms with Crippen LogP contribution in [0.2, 0.25) is 0 Å². The average Bonchev–Trinajstić information content (AvgIpc) is 3.50. The maximum Gasteiger partial charge on any atom is 0.309 e. The normalized spacial score (nSPS) is 13.5. The van der Waals surface area contributed by atoms with Crippen LogP contribution in [-0.4, -0.2) is 25.0 Å². The Hall–Kier alpha value is -2.62. The first-order chi connectivity index (χ1) is 12.2. The molecule has 2 aromatic carbocycles. The maximum atomic E-state index is 11.9. The van der Waals surface area contributed by atoms with Crippen LogP contribution in [0.1, 0.15) is 36.3 Å². The third-order valence-corrected chi connectivity index (χ3v) is 4.42. The predicted octanol–water partition coefficient (Wildman–Crippen LogP) is 3.28. The first-order valence-corrected chi connectivity index (χ1v) is 8.77. The Balaban J connectivity index is 1.52. The molecule has 2 aromatic rings. The lowest BCUT2D eigenvalue weighted by molar-refractivity contribution is -0.149. The van der Waals surface area contributed by atoms with Crippen LogP contribution >= 0.6 is 0 Å². The Morgan fingerprint density at radius 3 is 2.04 bits per heavy atom. The zero-order valence-electron chi connectivity index (χ0n) is 14.2. The van der Waals surface area contributed by atoms with Gasteiger partial charge >= 0.3 is 5.97 Å². The molecule has 1 N–H and O–H groups in total. The molecule has 0 heterocycles. The smallest absolute Gasteiger partial charge is 0.309 e. The summed E-state index contributed by atoms with van der Waals surface area (Å²) in [7, 11) is 0. The molecule has 3 rings (SSSR count). The summed E-state index contributed by atoms with van der Waals surface area (Å²) in [6.45, 7) is 0.352. The molecular weight excluding hydrogens is 314 g/mol. The second-order valence-electron chi connectivity index (χ2n) is 6.39. The minimum atomic E-state index is -0.249. The first kappa shape index (κ1) is 17.2. The standard InChI is InChI=1S/C21H23NO3/c23-20(15-25-21(24)18-11-12-18)22-14-13-19(16-7-3-1-4-8-16)17-9-5-2-6-10-17/h1-10,18-19H,11-15H2,(H,22,23). The number of esters is 1. The van der Waals surface area contributed by atoms with Crippen molar-refractivity contribution >= 4 is 11.9 Å². The van der Waals surface area contributed by atoms with Crippen molar-refractivity contribution in [3.05, 3.63) is 71.8 Å². The molecule has 1 aliphatic carbocycles. The molecule has 1 saturated carbocycles. The summed E-state index contributed by atoms with van der Waals surface area (Å²) in [4.78, 5) is 23.3. The van der Waals surface area contributed by atoms with E-state index in [1.165, 1.54) is 11.1 Å². The van der Waals surface area contributed by atoms with Crippen molar-refractivity contribution in [3.63, 3.8) is 0 Å². The lowest BCUT2D eigenvalue weighted by Gasteiger charge is -2.18. The van der Waals surface area contributed by atoms with E-state index >= 15 is 0 Å². The topological polar surface area (TPSA) is 55.4 Å². The van der Waals surface area contributed by atoms with Crippen LogP contribution in [0, 0.1) is 5.92 Å². The Labute approximate surface area is 148 Å². The molecule has 1 amide bonds. The SMILES string of the molecule is O=C(COC(=O)C1CC1)NCCC(c1ccccc1)c1ccccc1. The number of ether oxygens (including phenoxy) is 1. The van der Waals surface area contributed by atoms with Gasteiger partial charge in [-0.15, -0.1) is 0 Å². The highest BCUT2D eigenvalue weighted by Crippen LogP contribution is 2.30. The van der Waals surface area contributed by atoms with Crippen molar-refractivity contribution < 1.29 is 14.3 Å². The van der Waals surface area contributed by atoms with Gasteiger partial charge in [-0.05, 0) is 30.4 Å². The van der Waals surface area contributed by atoms with Crippen molar-refractivity contribution in [1.29, 1.82) is 0 Å². The van der Waals surface area contributed by atoms with Crippen LogP contribution in [0.5, 0.6) is 0 Å². The third kappa shape index (κ3) is 5.18.